The third-order valence-corrected chi connectivity index (χ3v) is 4.34. The minimum Gasteiger partial charge on any atom is -0.296 e. The van der Waals surface area contributed by atoms with Gasteiger partial charge < -0.3 is 0 Å². The molecular formula is C17H18N4OS. The Balaban J connectivity index is 1.72. The van der Waals surface area contributed by atoms with Crippen molar-refractivity contribution in [3.05, 3.63) is 53.2 Å². The van der Waals surface area contributed by atoms with Crippen LogP contribution < -0.4 is 5.32 Å². The third kappa shape index (κ3) is 3.48. The van der Waals surface area contributed by atoms with Crippen molar-refractivity contribution < 1.29 is 4.79 Å². The molecule has 0 spiro atoms. The molecule has 3 aromatic rings. The lowest BCUT2D eigenvalue weighted by Crippen LogP contribution is -2.13. The fourth-order valence-corrected chi connectivity index (χ4v) is 2.91. The zero-order valence-electron chi connectivity index (χ0n) is 13.1. The van der Waals surface area contributed by atoms with Crippen molar-refractivity contribution in [3.63, 3.8) is 0 Å². The molecule has 6 heteroatoms. The maximum Gasteiger partial charge on any atom is 0.277 e. The van der Waals surface area contributed by atoms with E-state index in [4.69, 9.17) is 0 Å². The van der Waals surface area contributed by atoms with Crippen LogP contribution in [0.2, 0.25) is 0 Å². The zero-order chi connectivity index (χ0) is 16.2. The van der Waals surface area contributed by atoms with Crippen molar-refractivity contribution in [2.45, 2.75) is 26.8 Å². The Morgan fingerprint density at radius 2 is 2.00 bits per heavy atom. The van der Waals surface area contributed by atoms with Gasteiger partial charge in [0.25, 0.3) is 5.91 Å². The summed E-state index contributed by atoms with van der Waals surface area (Å²) in [6.45, 7) is 4.85. The first-order valence-corrected chi connectivity index (χ1v) is 8.47. The lowest BCUT2D eigenvalue weighted by molar-refractivity contribution is 0.102. The number of aromatic nitrogens is 3. The van der Waals surface area contributed by atoms with Crippen LogP contribution in [0.25, 0.3) is 11.3 Å². The first kappa shape index (κ1) is 15.4. The summed E-state index contributed by atoms with van der Waals surface area (Å²) in [6.07, 6.45) is 2.81. The highest BCUT2D eigenvalue weighted by Gasteiger charge is 2.12. The molecule has 1 amide bonds. The van der Waals surface area contributed by atoms with Gasteiger partial charge in [-0.3, -0.25) is 14.8 Å². The van der Waals surface area contributed by atoms with E-state index in [1.807, 2.05) is 12.3 Å². The van der Waals surface area contributed by atoms with Gasteiger partial charge in [-0.15, -0.1) is 11.3 Å². The zero-order valence-corrected chi connectivity index (χ0v) is 13.9. The summed E-state index contributed by atoms with van der Waals surface area (Å²) in [4.78, 5) is 16.6. The number of carbonyl (C=O) groups is 1. The van der Waals surface area contributed by atoms with Crippen LogP contribution in [-0.4, -0.2) is 20.7 Å². The van der Waals surface area contributed by atoms with Crippen LogP contribution in [0.3, 0.4) is 0 Å². The molecule has 0 aliphatic heterocycles. The number of carbonyl (C=O) groups excluding carboxylic acids is 1. The second-order valence-corrected chi connectivity index (χ2v) is 5.96. The maximum atomic E-state index is 12.2. The van der Waals surface area contributed by atoms with Crippen molar-refractivity contribution >= 4 is 22.4 Å². The topological polar surface area (TPSA) is 59.8 Å². The molecule has 0 saturated carbocycles. The molecule has 3 rings (SSSR count). The minimum absolute atomic E-state index is 0.237. The standard InChI is InChI=1S/C17H18N4OS/c1-3-12-5-7-13(8-6-12)15-11-23-17(18-15)19-16(22)14-9-10-21(4-2)20-14/h5-11H,3-4H2,1-2H3,(H,18,19,22). The lowest BCUT2D eigenvalue weighted by atomic mass is 10.1. The Bertz CT molecular complexity index is 804. The van der Waals surface area contributed by atoms with Crippen molar-refractivity contribution in [2.75, 3.05) is 5.32 Å². The van der Waals surface area contributed by atoms with Crippen LogP contribution in [-0.2, 0) is 13.0 Å². The fourth-order valence-electron chi connectivity index (χ4n) is 2.20. The third-order valence-electron chi connectivity index (χ3n) is 3.58. The first-order chi connectivity index (χ1) is 11.2. The quantitative estimate of drug-likeness (QED) is 0.775. The number of amides is 1. The average Bonchev–Trinajstić information content (AvgIpc) is 3.24. The number of nitrogens with zero attached hydrogens (tertiary/aromatic N) is 3. The molecule has 118 valence electrons. The van der Waals surface area contributed by atoms with E-state index in [2.05, 4.69) is 46.6 Å². The Labute approximate surface area is 139 Å². The summed E-state index contributed by atoms with van der Waals surface area (Å²) in [5.74, 6) is -0.237. The number of hydrogen-bond donors (Lipinski definition) is 1. The molecule has 0 fully saturated rings. The second-order valence-electron chi connectivity index (χ2n) is 5.10. The molecule has 0 radical (unpaired) electrons. The van der Waals surface area contributed by atoms with Crippen LogP contribution in [0.1, 0.15) is 29.9 Å². The normalized spacial score (nSPS) is 10.7. The van der Waals surface area contributed by atoms with Crippen LogP contribution in [0.4, 0.5) is 5.13 Å². The molecule has 0 bridgehead atoms. The van der Waals surface area contributed by atoms with Crippen LogP contribution in [0.15, 0.2) is 41.9 Å². The summed E-state index contributed by atoms with van der Waals surface area (Å²) in [5.41, 5.74) is 3.61. The van der Waals surface area contributed by atoms with E-state index in [0.29, 0.717) is 10.8 Å². The Hall–Kier alpha value is -2.47. The summed E-state index contributed by atoms with van der Waals surface area (Å²) in [6, 6.07) is 10.0. The summed E-state index contributed by atoms with van der Waals surface area (Å²) < 4.78 is 1.72. The Morgan fingerprint density at radius 3 is 2.65 bits per heavy atom. The molecule has 23 heavy (non-hydrogen) atoms. The second kappa shape index (κ2) is 6.75. The van der Waals surface area contributed by atoms with Gasteiger partial charge in [-0.1, -0.05) is 31.2 Å². The largest absolute Gasteiger partial charge is 0.296 e. The first-order valence-electron chi connectivity index (χ1n) is 7.59. The van der Waals surface area contributed by atoms with Gasteiger partial charge in [0, 0.05) is 23.7 Å². The highest BCUT2D eigenvalue weighted by molar-refractivity contribution is 7.14. The van der Waals surface area contributed by atoms with Crippen LogP contribution in [0, 0.1) is 0 Å². The molecule has 1 N–H and O–H groups in total. The molecule has 1 aromatic carbocycles. The Kier molecular flexibility index (Phi) is 4.52. The smallest absolute Gasteiger partial charge is 0.277 e. The van der Waals surface area contributed by atoms with Gasteiger partial charge in [0.05, 0.1) is 5.69 Å². The molecule has 0 saturated heterocycles. The van der Waals surface area contributed by atoms with E-state index in [1.165, 1.54) is 16.9 Å². The maximum absolute atomic E-state index is 12.2. The molecule has 0 aliphatic rings. The number of benzene rings is 1. The predicted octanol–water partition coefficient (Wildman–Crippen LogP) is 3.84. The van der Waals surface area contributed by atoms with E-state index in [1.54, 1.807) is 16.9 Å². The molecule has 0 aliphatic carbocycles. The van der Waals surface area contributed by atoms with Gasteiger partial charge in [-0.25, -0.2) is 4.98 Å². The molecule has 0 unspecified atom stereocenters. The van der Waals surface area contributed by atoms with Crippen molar-refractivity contribution in [3.8, 4) is 11.3 Å². The Morgan fingerprint density at radius 1 is 1.22 bits per heavy atom. The van der Waals surface area contributed by atoms with Crippen molar-refractivity contribution in [2.24, 2.45) is 0 Å². The molecule has 0 atom stereocenters. The fraction of sp³-hybridized carbons (Fsp3) is 0.235. The summed E-state index contributed by atoms with van der Waals surface area (Å²) in [7, 11) is 0. The number of nitrogens with one attached hydrogen (secondary N) is 1. The molecule has 2 heterocycles. The highest BCUT2D eigenvalue weighted by Crippen LogP contribution is 2.25. The SMILES string of the molecule is CCc1ccc(-c2csc(NC(=O)c3ccn(CC)n3)n2)cc1. The molecular weight excluding hydrogens is 308 g/mol. The van der Waals surface area contributed by atoms with E-state index in [-0.39, 0.29) is 5.91 Å². The van der Waals surface area contributed by atoms with Gasteiger partial charge in [-0.05, 0) is 25.0 Å². The minimum atomic E-state index is -0.237. The van der Waals surface area contributed by atoms with E-state index >= 15 is 0 Å². The monoisotopic (exact) mass is 326 g/mol. The average molecular weight is 326 g/mol. The lowest BCUT2D eigenvalue weighted by Gasteiger charge is -2.00. The van der Waals surface area contributed by atoms with E-state index in [0.717, 1.165) is 24.2 Å². The summed E-state index contributed by atoms with van der Waals surface area (Å²) in [5, 5.41) is 9.52. The number of anilines is 1. The van der Waals surface area contributed by atoms with Gasteiger partial charge in [0.15, 0.2) is 10.8 Å². The van der Waals surface area contributed by atoms with Crippen molar-refractivity contribution in [1.82, 2.24) is 14.8 Å². The van der Waals surface area contributed by atoms with Crippen molar-refractivity contribution in [1.29, 1.82) is 0 Å². The number of aryl methyl sites for hydroxylation is 2. The summed E-state index contributed by atoms with van der Waals surface area (Å²) >= 11 is 1.41. The number of hydrogen-bond acceptors (Lipinski definition) is 4. The van der Waals surface area contributed by atoms with Gasteiger partial charge in [0.1, 0.15) is 0 Å². The molecule has 5 nitrogen and oxygen atoms in total. The van der Waals surface area contributed by atoms with E-state index in [9.17, 15) is 4.79 Å². The highest BCUT2D eigenvalue weighted by atomic mass is 32.1. The van der Waals surface area contributed by atoms with Gasteiger partial charge in [-0.2, -0.15) is 5.10 Å². The van der Waals surface area contributed by atoms with Gasteiger partial charge >= 0.3 is 0 Å². The van der Waals surface area contributed by atoms with Crippen LogP contribution in [0.5, 0.6) is 0 Å². The van der Waals surface area contributed by atoms with Crippen LogP contribution >= 0.6 is 11.3 Å². The van der Waals surface area contributed by atoms with Gasteiger partial charge in [0.2, 0.25) is 0 Å². The predicted molar refractivity (Wildman–Crippen MR) is 92.8 cm³/mol. The van der Waals surface area contributed by atoms with E-state index < -0.39 is 0 Å². The number of rotatable bonds is 5. The number of thiazole rings is 1. The molecule has 2 aromatic heterocycles.